The van der Waals surface area contributed by atoms with E-state index in [1.54, 1.807) is 13.0 Å². The van der Waals surface area contributed by atoms with Gasteiger partial charge in [0.05, 0.1) is 0 Å². The molecule has 0 fully saturated rings. The molecular formula is C12H14N4O3. The predicted molar refractivity (Wildman–Crippen MR) is 67.7 cm³/mol. The first kappa shape index (κ1) is 12.9. The highest BCUT2D eigenvalue weighted by atomic mass is 16.3. The minimum atomic E-state index is -0.311. The smallest absolute Gasteiger partial charge is 0.229 e. The lowest BCUT2D eigenvalue weighted by Crippen LogP contribution is -2.22. The standard InChI is InChI=1S/C12H14N4O3/c1-7(11(19)15-12-13-6-14-16-12)4-8-2-3-9(17)10(18)5-8/h2-3,5-7,17-18H,4H2,1H3,(H2,13,14,15,16,19). The van der Waals surface area contributed by atoms with Crippen LogP contribution in [0.1, 0.15) is 12.5 Å². The van der Waals surface area contributed by atoms with Crippen LogP contribution in [0.15, 0.2) is 24.5 Å². The number of carbonyl (C=O) groups excluding carboxylic acids is 1. The Kier molecular flexibility index (Phi) is 3.65. The number of benzene rings is 1. The maximum absolute atomic E-state index is 11.9. The van der Waals surface area contributed by atoms with Crippen LogP contribution in [0.5, 0.6) is 11.5 Å². The SMILES string of the molecule is CC(Cc1ccc(O)c(O)c1)C(=O)Nc1ncn[nH]1. The second kappa shape index (κ2) is 5.38. The molecule has 0 aliphatic rings. The lowest BCUT2D eigenvalue weighted by atomic mass is 10.00. The fourth-order valence-electron chi connectivity index (χ4n) is 1.65. The zero-order valence-electron chi connectivity index (χ0n) is 10.3. The van der Waals surface area contributed by atoms with Crippen molar-refractivity contribution in [3.63, 3.8) is 0 Å². The van der Waals surface area contributed by atoms with E-state index in [2.05, 4.69) is 20.5 Å². The van der Waals surface area contributed by atoms with Gasteiger partial charge in [-0.2, -0.15) is 10.1 Å². The Morgan fingerprint density at radius 2 is 2.21 bits per heavy atom. The molecule has 0 bridgehead atoms. The van der Waals surface area contributed by atoms with E-state index in [1.807, 2.05) is 0 Å². The third-order valence-electron chi connectivity index (χ3n) is 2.69. The number of rotatable bonds is 4. The zero-order chi connectivity index (χ0) is 13.8. The molecule has 1 atom stereocenters. The van der Waals surface area contributed by atoms with E-state index < -0.39 is 0 Å². The number of nitrogens with zero attached hydrogens (tertiary/aromatic N) is 2. The van der Waals surface area contributed by atoms with E-state index in [-0.39, 0.29) is 23.3 Å². The number of phenols is 2. The molecule has 1 aromatic carbocycles. The zero-order valence-corrected chi connectivity index (χ0v) is 10.3. The highest BCUT2D eigenvalue weighted by Crippen LogP contribution is 2.26. The average Bonchev–Trinajstić information content (AvgIpc) is 2.86. The molecule has 19 heavy (non-hydrogen) atoms. The minimum Gasteiger partial charge on any atom is -0.504 e. The molecule has 0 saturated carbocycles. The molecule has 0 spiro atoms. The topological polar surface area (TPSA) is 111 Å². The molecule has 2 rings (SSSR count). The summed E-state index contributed by atoms with van der Waals surface area (Å²) in [7, 11) is 0. The molecule has 0 saturated heterocycles. The van der Waals surface area contributed by atoms with Crippen LogP contribution in [0.3, 0.4) is 0 Å². The number of aromatic amines is 1. The number of amides is 1. The van der Waals surface area contributed by atoms with Crippen LogP contribution in [0.2, 0.25) is 0 Å². The first-order valence-electron chi connectivity index (χ1n) is 5.73. The maximum Gasteiger partial charge on any atom is 0.229 e. The van der Waals surface area contributed by atoms with Crippen molar-refractivity contribution < 1.29 is 15.0 Å². The van der Waals surface area contributed by atoms with Gasteiger partial charge in [0, 0.05) is 5.92 Å². The summed E-state index contributed by atoms with van der Waals surface area (Å²) < 4.78 is 0. The van der Waals surface area contributed by atoms with Crippen molar-refractivity contribution in [3.05, 3.63) is 30.1 Å². The number of hydrogen-bond donors (Lipinski definition) is 4. The lowest BCUT2D eigenvalue weighted by molar-refractivity contribution is -0.119. The summed E-state index contributed by atoms with van der Waals surface area (Å²) in [4.78, 5) is 15.7. The first-order chi connectivity index (χ1) is 9.06. The Bertz CT molecular complexity index is 568. The van der Waals surface area contributed by atoms with Crippen molar-refractivity contribution in [1.82, 2.24) is 15.2 Å². The molecule has 2 aromatic rings. The van der Waals surface area contributed by atoms with Crippen molar-refractivity contribution >= 4 is 11.9 Å². The van der Waals surface area contributed by atoms with Crippen molar-refractivity contribution in [1.29, 1.82) is 0 Å². The number of nitrogens with one attached hydrogen (secondary N) is 2. The maximum atomic E-state index is 11.9. The van der Waals surface area contributed by atoms with Gasteiger partial charge in [0.2, 0.25) is 11.9 Å². The summed E-state index contributed by atoms with van der Waals surface area (Å²) in [6, 6.07) is 4.49. The van der Waals surface area contributed by atoms with Crippen LogP contribution in [0.4, 0.5) is 5.95 Å². The summed E-state index contributed by atoms with van der Waals surface area (Å²) >= 11 is 0. The van der Waals surface area contributed by atoms with Crippen molar-refractivity contribution in [2.75, 3.05) is 5.32 Å². The van der Waals surface area contributed by atoms with Gasteiger partial charge in [0.15, 0.2) is 11.5 Å². The van der Waals surface area contributed by atoms with Gasteiger partial charge in [-0.15, -0.1) is 0 Å². The van der Waals surface area contributed by atoms with Crippen molar-refractivity contribution in [2.45, 2.75) is 13.3 Å². The molecule has 100 valence electrons. The van der Waals surface area contributed by atoms with Crippen LogP contribution < -0.4 is 5.32 Å². The number of hydrogen-bond acceptors (Lipinski definition) is 5. The number of phenolic OH excluding ortho intramolecular Hbond substituents is 2. The number of aromatic hydroxyl groups is 2. The molecule has 0 aliphatic heterocycles. The molecule has 1 aromatic heterocycles. The van der Waals surface area contributed by atoms with Gasteiger partial charge in [-0.05, 0) is 24.1 Å². The van der Waals surface area contributed by atoms with E-state index in [0.29, 0.717) is 12.4 Å². The van der Waals surface area contributed by atoms with Gasteiger partial charge in [-0.1, -0.05) is 13.0 Å². The van der Waals surface area contributed by atoms with Gasteiger partial charge in [0.25, 0.3) is 0 Å². The van der Waals surface area contributed by atoms with E-state index in [1.165, 1.54) is 18.5 Å². The van der Waals surface area contributed by atoms with Gasteiger partial charge >= 0.3 is 0 Å². The van der Waals surface area contributed by atoms with Crippen LogP contribution >= 0.6 is 0 Å². The monoisotopic (exact) mass is 262 g/mol. The quantitative estimate of drug-likeness (QED) is 0.615. The van der Waals surface area contributed by atoms with E-state index in [0.717, 1.165) is 5.56 Å². The molecule has 4 N–H and O–H groups in total. The Morgan fingerprint density at radius 3 is 2.84 bits per heavy atom. The molecule has 1 heterocycles. The molecule has 1 unspecified atom stereocenters. The highest BCUT2D eigenvalue weighted by molar-refractivity contribution is 5.90. The molecule has 0 aliphatic carbocycles. The van der Waals surface area contributed by atoms with E-state index in [9.17, 15) is 15.0 Å². The Morgan fingerprint density at radius 1 is 1.42 bits per heavy atom. The van der Waals surface area contributed by atoms with Gasteiger partial charge in [0.1, 0.15) is 6.33 Å². The second-order valence-electron chi connectivity index (χ2n) is 4.25. The van der Waals surface area contributed by atoms with Crippen LogP contribution in [0, 0.1) is 5.92 Å². The lowest BCUT2D eigenvalue weighted by Gasteiger charge is -2.11. The van der Waals surface area contributed by atoms with Gasteiger partial charge in [-0.25, -0.2) is 5.10 Å². The molecule has 7 heteroatoms. The summed E-state index contributed by atoms with van der Waals surface area (Å²) in [5, 5.41) is 27.3. The van der Waals surface area contributed by atoms with Crippen molar-refractivity contribution in [3.8, 4) is 11.5 Å². The molecule has 0 radical (unpaired) electrons. The first-order valence-corrected chi connectivity index (χ1v) is 5.73. The summed E-state index contributed by atoms with van der Waals surface area (Å²) in [6.45, 7) is 1.76. The Balaban J connectivity index is 1.98. The normalized spacial score (nSPS) is 12.1. The fourth-order valence-corrected chi connectivity index (χ4v) is 1.65. The molecule has 1 amide bonds. The number of carbonyl (C=O) groups is 1. The van der Waals surface area contributed by atoms with E-state index >= 15 is 0 Å². The Labute approximate surface area is 109 Å². The van der Waals surface area contributed by atoms with Gasteiger partial charge in [-0.3, -0.25) is 10.1 Å². The highest BCUT2D eigenvalue weighted by Gasteiger charge is 2.15. The third kappa shape index (κ3) is 3.21. The largest absolute Gasteiger partial charge is 0.504 e. The Hall–Kier alpha value is -2.57. The van der Waals surface area contributed by atoms with Crippen LogP contribution in [0.25, 0.3) is 0 Å². The van der Waals surface area contributed by atoms with Crippen LogP contribution in [-0.2, 0) is 11.2 Å². The summed E-state index contributed by atoms with van der Waals surface area (Å²) in [6.07, 6.45) is 1.74. The second-order valence-corrected chi connectivity index (χ2v) is 4.25. The van der Waals surface area contributed by atoms with E-state index in [4.69, 9.17) is 0 Å². The average molecular weight is 262 g/mol. The van der Waals surface area contributed by atoms with Crippen LogP contribution in [-0.4, -0.2) is 31.3 Å². The number of H-pyrrole nitrogens is 1. The number of anilines is 1. The summed E-state index contributed by atoms with van der Waals surface area (Å²) in [5.74, 6) is -0.591. The fraction of sp³-hybridized carbons (Fsp3) is 0.250. The predicted octanol–water partition coefficient (Wildman–Crippen LogP) is 1.03. The minimum absolute atomic E-state index is 0.178. The summed E-state index contributed by atoms with van der Waals surface area (Å²) in [5.41, 5.74) is 0.760. The number of aromatic nitrogens is 3. The molecular weight excluding hydrogens is 248 g/mol. The molecule has 7 nitrogen and oxygen atoms in total. The van der Waals surface area contributed by atoms with Gasteiger partial charge < -0.3 is 10.2 Å². The van der Waals surface area contributed by atoms with Crippen molar-refractivity contribution in [2.24, 2.45) is 5.92 Å². The third-order valence-corrected chi connectivity index (χ3v) is 2.69.